The van der Waals surface area contributed by atoms with E-state index in [4.69, 9.17) is 5.10 Å². The summed E-state index contributed by atoms with van der Waals surface area (Å²) in [7, 11) is 0. The highest BCUT2D eigenvalue weighted by molar-refractivity contribution is 5.95. The smallest absolute Gasteiger partial charge is 0.0899 e. The SMILES string of the molecule is c1ccc(-c2ccc(C3NN=C4C5CCN(CC5)C43)cc2)cc1. The van der Waals surface area contributed by atoms with Gasteiger partial charge in [-0.05, 0) is 42.6 Å². The van der Waals surface area contributed by atoms with Crippen LogP contribution >= 0.6 is 0 Å². The second kappa shape index (κ2) is 5.20. The molecule has 3 saturated heterocycles. The van der Waals surface area contributed by atoms with Crippen LogP contribution in [0.2, 0.25) is 0 Å². The Morgan fingerprint density at radius 3 is 2.30 bits per heavy atom. The molecule has 1 N–H and O–H groups in total. The number of rotatable bonds is 2. The van der Waals surface area contributed by atoms with Gasteiger partial charge >= 0.3 is 0 Å². The third kappa shape index (κ3) is 2.11. The molecule has 0 amide bonds. The highest BCUT2D eigenvalue weighted by Crippen LogP contribution is 2.39. The zero-order valence-corrected chi connectivity index (χ0v) is 13.2. The van der Waals surface area contributed by atoms with E-state index in [9.17, 15) is 0 Å². The van der Waals surface area contributed by atoms with Crippen molar-refractivity contribution in [1.29, 1.82) is 0 Å². The first-order valence-corrected chi connectivity index (χ1v) is 8.62. The molecule has 2 atom stereocenters. The van der Waals surface area contributed by atoms with Gasteiger partial charge in [-0.2, -0.15) is 5.10 Å². The van der Waals surface area contributed by atoms with Crippen molar-refractivity contribution < 1.29 is 0 Å². The molecule has 3 heteroatoms. The molecule has 0 radical (unpaired) electrons. The third-order valence-corrected chi connectivity index (χ3v) is 5.67. The van der Waals surface area contributed by atoms with E-state index in [2.05, 4.69) is 64.9 Å². The molecule has 4 aliphatic rings. The minimum absolute atomic E-state index is 0.318. The Morgan fingerprint density at radius 1 is 0.870 bits per heavy atom. The number of benzene rings is 2. The molecule has 23 heavy (non-hydrogen) atoms. The van der Waals surface area contributed by atoms with Crippen molar-refractivity contribution in [2.24, 2.45) is 11.0 Å². The minimum Gasteiger partial charge on any atom is -0.301 e. The van der Waals surface area contributed by atoms with Crippen molar-refractivity contribution in [3.05, 3.63) is 60.2 Å². The predicted octanol–water partition coefficient (Wildman–Crippen LogP) is 3.45. The summed E-state index contributed by atoms with van der Waals surface area (Å²) >= 11 is 0. The molecule has 0 aliphatic carbocycles. The Labute approximate surface area is 137 Å². The monoisotopic (exact) mass is 303 g/mol. The van der Waals surface area contributed by atoms with Crippen LogP contribution in [0.1, 0.15) is 24.4 Å². The number of hydrazone groups is 1. The van der Waals surface area contributed by atoms with Crippen LogP contribution in [0.4, 0.5) is 0 Å². The molecule has 4 aliphatic heterocycles. The molecule has 2 unspecified atom stereocenters. The van der Waals surface area contributed by atoms with E-state index in [1.807, 2.05) is 0 Å². The van der Waals surface area contributed by atoms with Gasteiger partial charge in [0, 0.05) is 5.92 Å². The van der Waals surface area contributed by atoms with Crippen molar-refractivity contribution in [3.8, 4) is 11.1 Å². The minimum atomic E-state index is 0.318. The van der Waals surface area contributed by atoms with Gasteiger partial charge in [0.2, 0.25) is 0 Å². The van der Waals surface area contributed by atoms with E-state index >= 15 is 0 Å². The lowest BCUT2D eigenvalue weighted by atomic mass is 9.78. The zero-order chi connectivity index (χ0) is 15.2. The summed E-state index contributed by atoms with van der Waals surface area (Å²) < 4.78 is 0. The van der Waals surface area contributed by atoms with Crippen LogP contribution < -0.4 is 5.43 Å². The maximum absolute atomic E-state index is 4.70. The molecule has 4 heterocycles. The van der Waals surface area contributed by atoms with Crippen LogP contribution in [-0.4, -0.2) is 29.7 Å². The molecule has 2 aromatic carbocycles. The van der Waals surface area contributed by atoms with Gasteiger partial charge in [0.15, 0.2) is 0 Å². The Hall–Kier alpha value is -2.13. The van der Waals surface area contributed by atoms with Gasteiger partial charge in [-0.3, -0.25) is 4.90 Å². The van der Waals surface area contributed by atoms with Crippen molar-refractivity contribution in [2.45, 2.75) is 24.9 Å². The van der Waals surface area contributed by atoms with Crippen LogP contribution in [-0.2, 0) is 0 Å². The Bertz CT molecular complexity index is 727. The van der Waals surface area contributed by atoms with Gasteiger partial charge in [-0.1, -0.05) is 54.6 Å². The second-order valence-corrected chi connectivity index (χ2v) is 6.89. The van der Waals surface area contributed by atoms with Crippen LogP contribution in [0.25, 0.3) is 11.1 Å². The van der Waals surface area contributed by atoms with Gasteiger partial charge in [-0.15, -0.1) is 0 Å². The average Bonchev–Trinajstić information content (AvgIpc) is 3.11. The molecule has 116 valence electrons. The number of nitrogens with zero attached hydrogens (tertiary/aromatic N) is 2. The first kappa shape index (κ1) is 13.3. The number of nitrogens with one attached hydrogen (secondary N) is 1. The zero-order valence-electron chi connectivity index (χ0n) is 13.2. The van der Waals surface area contributed by atoms with Gasteiger partial charge in [0.25, 0.3) is 0 Å². The number of fused-ring (bicyclic) bond motifs is 2. The van der Waals surface area contributed by atoms with E-state index < -0.39 is 0 Å². The van der Waals surface area contributed by atoms with Crippen LogP contribution in [0.15, 0.2) is 59.7 Å². The van der Waals surface area contributed by atoms with Crippen molar-refractivity contribution in [2.75, 3.05) is 13.1 Å². The molecule has 2 aromatic rings. The van der Waals surface area contributed by atoms with Gasteiger partial charge in [0.05, 0.1) is 17.8 Å². The Kier molecular flexibility index (Phi) is 3.01. The molecule has 2 bridgehead atoms. The van der Waals surface area contributed by atoms with Crippen molar-refractivity contribution in [1.82, 2.24) is 10.3 Å². The maximum atomic E-state index is 4.70. The first-order valence-electron chi connectivity index (χ1n) is 8.62. The molecular weight excluding hydrogens is 282 g/mol. The molecule has 3 fully saturated rings. The van der Waals surface area contributed by atoms with Crippen molar-refractivity contribution in [3.63, 3.8) is 0 Å². The summed E-state index contributed by atoms with van der Waals surface area (Å²) in [5.74, 6) is 0.714. The lowest BCUT2D eigenvalue weighted by Gasteiger charge is -2.45. The molecule has 0 saturated carbocycles. The summed E-state index contributed by atoms with van der Waals surface area (Å²) in [6.45, 7) is 2.46. The van der Waals surface area contributed by atoms with E-state index in [1.165, 1.54) is 48.3 Å². The van der Waals surface area contributed by atoms with Gasteiger partial charge < -0.3 is 5.43 Å². The molecule has 6 rings (SSSR count). The van der Waals surface area contributed by atoms with E-state index in [0.29, 0.717) is 18.0 Å². The quantitative estimate of drug-likeness (QED) is 0.920. The largest absolute Gasteiger partial charge is 0.301 e. The standard InChI is InChI=1S/C20H21N3/c1-2-4-14(5-3-1)15-6-8-16(9-7-15)18-20-19(22-21-18)17-10-12-23(20)13-11-17/h1-9,17-18,20-21H,10-13H2. The fourth-order valence-corrected chi connectivity index (χ4v) is 4.43. The van der Waals surface area contributed by atoms with Crippen LogP contribution in [0.5, 0.6) is 0 Å². The summed E-state index contributed by atoms with van der Waals surface area (Å²) in [6, 6.07) is 20.4. The highest BCUT2D eigenvalue weighted by Gasteiger charge is 2.46. The summed E-state index contributed by atoms with van der Waals surface area (Å²) in [6.07, 6.45) is 2.58. The Balaban J connectivity index is 1.43. The normalized spacial score (nSPS) is 31.4. The fourth-order valence-electron chi connectivity index (χ4n) is 4.43. The number of piperidine rings is 3. The molecule has 0 spiro atoms. The summed E-state index contributed by atoms with van der Waals surface area (Å²) in [5.41, 5.74) is 8.72. The topological polar surface area (TPSA) is 27.6 Å². The second-order valence-electron chi connectivity index (χ2n) is 6.89. The number of hydrogen-bond donors (Lipinski definition) is 1. The third-order valence-electron chi connectivity index (χ3n) is 5.67. The fraction of sp³-hybridized carbons (Fsp3) is 0.350. The summed E-state index contributed by atoms with van der Waals surface area (Å²) in [5, 5.41) is 4.70. The van der Waals surface area contributed by atoms with E-state index in [0.717, 1.165) is 0 Å². The van der Waals surface area contributed by atoms with Crippen molar-refractivity contribution >= 4 is 5.71 Å². The summed E-state index contributed by atoms with van der Waals surface area (Å²) in [4.78, 5) is 2.62. The highest BCUT2D eigenvalue weighted by atomic mass is 15.4. The lowest BCUT2D eigenvalue weighted by Crippen LogP contribution is -2.56. The average molecular weight is 303 g/mol. The van der Waals surface area contributed by atoms with Crippen LogP contribution in [0.3, 0.4) is 0 Å². The molecule has 0 aromatic heterocycles. The van der Waals surface area contributed by atoms with Gasteiger partial charge in [0.1, 0.15) is 0 Å². The maximum Gasteiger partial charge on any atom is 0.0899 e. The first-order chi connectivity index (χ1) is 11.4. The molecular formula is C20H21N3. The Morgan fingerprint density at radius 2 is 1.57 bits per heavy atom. The lowest BCUT2D eigenvalue weighted by molar-refractivity contribution is 0.133. The van der Waals surface area contributed by atoms with E-state index in [-0.39, 0.29) is 0 Å². The van der Waals surface area contributed by atoms with Gasteiger partial charge in [-0.25, -0.2) is 0 Å². The number of hydrogen-bond acceptors (Lipinski definition) is 3. The van der Waals surface area contributed by atoms with E-state index in [1.54, 1.807) is 0 Å². The molecule has 3 nitrogen and oxygen atoms in total. The van der Waals surface area contributed by atoms with Crippen LogP contribution in [0, 0.1) is 5.92 Å². The predicted molar refractivity (Wildman–Crippen MR) is 93.3 cm³/mol.